The maximum atomic E-state index is 12.7. The van der Waals surface area contributed by atoms with Crippen LogP contribution >= 0.6 is 23.4 Å². The highest BCUT2D eigenvalue weighted by Gasteiger charge is 2.15. The number of pyridine rings is 1. The molecule has 4 aromatic rings. The minimum Gasteiger partial charge on any atom is -0.324 e. The van der Waals surface area contributed by atoms with Crippen LogP contribution in [0, 0.1) is 20.8 Å². The molecule has 0 saturated heterocycles. The van der Waals surface area contributed by atoms with Crippen molar-refractivity contribution in [3.63, 3.8) is 0 Å². The fourth-order valence-corrected chi connectivity index (χ4v) is 4.53. The van der Waals surface area contributed by atoms with Crippen LogP contribution in [-0.2, 0) is 11.3 Å². The Labute approximate surface area is 206 Å². The Kier molecular flexibility index (Phi) is 7.19. The average molecular weight is 494 g/mol. The van der Waals surface area contributed by atoms with Crippen LogP contribution in [0.3, 0.4) is 0 Å². The third kappa shape index (κ3) is 5.40. The fourth-order valence-electron chi connectivity index (χ4n) is 3.54. The van der Waals surface area contributed by atoms with Gasteiger partial charge in [-0.3, -0.25) is 14.2 Å². The lowest BCUT2D eigenvalue weighted by atomic mass is 10.1. The summed E-state index contributed by atoms with van der Waals surface area (Å²) >= 11 is 7.53. The molecule has 0 aliphatic heterocycles. The normalized spacial score (nSPS) is 10.9. The van der Waals surface area contributed by atoms with Crippen LogP contribution in [-0.4, -0.2) is 31.0 Å². The van der Waals surface area contributed by atoms with Crippen LogP contribution in [0.5, 0.6) is 0 Å². The van der Waals surface area contributed by atoms with Gasteiger partial charge in [-0.25, -0.2) is 0 Å². The number of aromatic nitrogens is 4. The number of nitrogens with one attached hydrogen (secondary N) is 1. The smallest absolute Gasteiger partial charge is 0.250 e. The van der Waals surface area contributed by atoms with Gasteiger partial charge in [0, 0.05) is 17.3 Å². The van der Waals surface area contributed by atoms with E-state index in [-0.39, 0.29) is 17.2 Å². The molecule has 0 saturated carbocycles. The maximum absolute atomic E-state index is 12.7. The van der Waals surface area contributed by atoms with E-state index in [4.69, 9.17) is 11.6 Å². The molecule has 4 rings (SSSR count). The lowest BCUT2D eigenvalue weighted by Crippen LogP contribution is -2.22. The fraction of sp³-hybridized carbons (Fsp3) is 0.200. The molecule has 0 atom stereocenters. The van der Waals surface area contributed by atoms with E-state index in [1.165, 1.54) is 22.4 Å². The number of hydrogen-bond donors (Lipinski definition) is 1. The number of carbonyl (C=O) groups is 1. The Balaban J connectivity index is 1.46. The Bertz CT molecular complexity index is 1410. The minimum atomic E-state index is -0.207. The third-order valence-corrected chi connectivity index (χ3v) is 6.60. The highest BCUT2D eigenvalue weighted by Crippen LogP contribution is 2.25. The molecule has 1 amide bonds. The molecule has 34 heavy (non-hydrogen) atoms. The summed E-state index contributed by atoms with van der Waals surface area (Å²) in [6, 6.07) is 16.6. The average Bonchev–Trinajstić information content (AvgIpc) is 3.18. The highest BCUT2D eigenvalue weighted by atomic mass is 35.5. The number of carbonyl (C=O) groups excluding carboxylic acids is 1. The second kappa shape index (κ2) is 10.3. The molecule has 174 valence electrons. The van der Waals surface area contributed by atoms with E-state index in [0.29, 0.717) is 22.4 Å². The summed E-state index contributed by atoms with van der Waals surface area (Å²) < 4.78 is 3.48. The van der Waals surface area contributed by atoms with Crippen LogP contribution in [0.4, 0.5) is 5.69 Å². The van der Waals surface area contributed by atoms with Gasteiger partial charge < -0.3 is 9.88 Å². The summed E-state index contributed by atoms with van der Waals surface area (Å²) in [5.74, 6) is 0.691. The maximum Gasteiger partial charge on any atom is 0.250 e. The van der Waals surface area contributed by atoms with Gasteiger partial charge in [0.1, 0.15) is 5.82 Å². The largest absolute Gasteiger partial charge is 0.324 e. The minimum absolute atomic E-state index is 0.145. The van der Waals surface area contributed by atoms with Crippen molar-refractivity contribution in [3.8, 4) is 5.69 Å². The number of benzene rings is 2. The number of nitrogens with zero attached hydrogens (tertiary/aromatic N) is 4. The number of aryl methyl sites for hydroxylation is 3. The van der Waals surface area contributed by atoms with Crippen LogP contribution in [0.1, 0.15) is 22.5 Å². The van der Waals surface area contributed by atoms with Crippen molar-refractivity contribution >= 4 is 35.0 Å². The quantitative estimate of drug-likeness (QED) is 0.374. The first-order chi connectivity index (χ1) is 16.3. The Morgan fingerprint density at radius 2 is 1.85 bits per heavy atom. The van der Waals surface area contributed by atoms with Gasteiger partial charge in [0.05, 0.1) is 23.7 Å². The van der Waals surface area contributed by atoms with E-state index >= 15 is 0 Å². The molecule has 9 heteroatoms. The van der Waals surface area contributed by atoms with E-state index < -0.39 is 0 Å². The van der Waals surface area contributed by atoms with Crippen LogP contribution < -0.4 is 10.9 Å². The van der Waals surface area contributed by atoms with Gasteiger partial charge in [0.25, 0.3) is 5.56 Å². The summed E-state index contributed by atoms with van der Waals surface area (Å²) in [5.41, 5.74) is 4.41. The molecule has 0 spiro atoms. The number of hydrogen-bond acceptors (Lipinski definition) is 5. The lowest BCUT2D eigenvalue weighted by molar-refractivity contribution is -0.113. The number of rotatable bonds is 7. The Morgan fingerprint density at radius 3 is 2.65 bits per heavy atom. The van der Waals surface area contributed by atoms with Crippen molar-refractivity contribution in [2.45, 2.75) is 32.5 Å². The van der Waals surface area contributed by atoms with Gasteiger partial charge in [-0.05, 0) is 55.7 Å². The van der Waals surface area contributed by atoms with Crippen molar-refractivity contribution in [3.05, 3.63) is 98.7 Å². The van der Waals surface area contributed by atoms with Crippen molar-refractivity contribution in [2.24, 2.45) is 0 Å². The first-order valence-electron chi connectivity index (χ1n) is 10.7. The molecule has 0 aliphatic rings. The predicted octanol–water partition coefficient (Wildman–Crippen LogP) is 4.79. The van der Waals surface area contributed by atoms with E-state index in [0.717, 1.165) is 28.2 Å². The molecule has 0 unspecified atom stereocenters. The summed E-state index contributed by atoms with van der Waals surface area (Å²) in [4.78, 5) is 25.0. The lowest BCUT2D eigenvalue weighted by Gasteiger charge is -2.13. The summed E-state index contributed by atoms with van der Waals surface area (Å²) in [7, 11) is 0. The second-order valence-corrected chi connectivity index (χ2v) is 9.32. The van der Waals surface area contributed by atoms with Crippen molar-refractivity contribution in [1.82, 2.24) is 19.3 Å². The zero-order valence-electron chi connectivity index (χ0n) is 19.1. The molecule has 2 aromatic heterocycles. The summed E-state index contributed by atoms with van der Waals surface area (Å²) in [5, 5.41) is 12.6. The Morgan fingerprint density at radius 1 is 1.06 bits per heavy atom. The molecule has 2 heterocycles. The molecule has 0 fully saturated rings. The number of amides is 1. The zero-order chi connectivity index (χ0) is 24.2. The molecule has 7 nitrogen and oxygen atoms in total. The van der Waals surface area contributed by atoms with Crippen molar-refractivity contribution in [2.75, 3.05) is 11.1 Å². The molecular formula is C25H24ClN5O2S. The highest BCUT2D eigenvalue weighted by molar-refractivity contribution is 7.99. The van der Waals surface area contributed by atoms with Gasteiger partial charge >= 0.3 is 0 Å². The van der Waals surface area contributed by atoms with E-state index in [1.807, 2.05) is 43.5 Å². The number of anilines is 1. The van der Waals surface area contributed by atoms with Crippen molar-refractivity contribution in [1.29, 1.82) is 0 Å². The summed E-state index contributed by atoms with van der Waals surface area (Å²) in [6.45, 7) is 6.28. The molecule has 1 N–H and O–H groups in total. The predicted molar refractivity (Wildman–Crippen MR) is 136 cm³/mol. The first kappa shape index (κ1) is 23.8. The monoisotopic (exact) mass is 493 g/mol. The van der Waals surface area contributed by atoms with Gasteiger partial charge in [-0.1, -0.05) is 53.7 Å². The summed E-state index contributed by atoms with van der Waals surface area (Å²) in [6.07, 6.45) is 1.62. The first-order valence-corrected chi connectivity index (χ1v) is 12.0. The Hall–Kier alpha value is -3.36. The molecule has 0 aliphatic carbocycles. The van der Waals surface area contributed by atoms with Crippen LogP contribution in [0.15, 0.2) is 70.7 Å². The van der Waals surface area contributed by atoms with Crippen LogP contribution in [0.2, 0.25) is 5.02 Å². The van der Waals surface area contributed by atoms with Gasteiger partial charge in [-0.15, -0.1) is 10.2 Å². The van der Waals surface area contributed by atoms with E-state index in [1.54, 1.807) is 18.3 Å². The van der Waals surface area contributed by atoms with Gasteiger partial charge in [0.2, 0.25) is 5.91 Å². The van der Waals surface area contributed by atoms with Gasteiger partial charge in [-0.2, -0.15) is 0 Å². The van der Waals surface area contributed by atoms with Gasteiger partial charge in [0.15, 0.2) is 5.16 Å². The van der Waals surface area contributed by atoms with Crippen molar-refractivity contribution < 1.29 is 4.79 Å². The molecule has 0 bridgehead atoms. The molecular weight excluding hydrogens is 470 g/mol. The molecule has 2 aromatic carbocycles. The third-order valence-electron chi connectivity index (χ3n) is 5.30. The number of thioether (sulfide) groups is 1. The standard InChI is InChI=1S/C25H24ClN5O2S/c1-16-8-9-17(2)22(12-16)31-18(3)28-29-25(31)34-15-23(32)27-20-10-11-24(33)30(14-20)13-19-6-4-5-7-21(19)26/h4-12,14H,13,15H2,1-3H3,(H,27,32). The van der Waals surface area contributed by atoms with E-state index in [2.05, 4.69) is 33.7 Å². The molecule has 0 radical (unpaired) electrons. The van der Waals surface area contributed by atoms with Crippen LogP contribution in [0.25, 0.3) is 5.69 Å². The SMILES string of the molecule is Cc1ccc(C)c(-n2c(C)nnc2SCC(=O)Nc2ccc(=O)n(Cc3ccccc3Cl)c2)c1. The zero-order valence-corrected chi connectivity index (χ0v) is 20.7. The second-order valence-electron chi connectivity index (χ2n) is 7.97. The van der Waals surface area contributed by atoms with E-state index in [9.17, 15) is 9.59 Å². The number of halogens is 1. The topological polar surface area (TPSA) is 81.8 Å².